The molecule has 10 nitrogen and oxygen atoms in total. The van der Waals surface area contributed by atoms with Gasteiger partial charge >= 0.3 is 11.5 Å². The fraction of sp³-hybridized carbons (Fsp3) is 0.200. The summed E-state index contributed by atoms with van der Waals surface area (Å²) in [7, 11) is 0. The van der Waals surface area contributed by atoms with Crippen LogP contribution in [0.25, 0.3) is 0 Å². The van der Waals surface area contributed by atoms with Gasteiger partial charge in [-0.2, -0.15) is 13.2 Å². The molecule has 1 aliphatic heterocycles. The van der Waals surface area contributed by atoms with Crippen molar-refractivity contribution in [1.82, 2.24) is 25.9 Å². The number of pyridine rings is 2. The second-order valence-corrected chi connectivity index (χ2v) is 14.1. The Hall–Kier alpha value is -6.02. The lowest BCUT2D eigenvalue weighted by Crippen LogP contribution is -2.79. The Labute approximate surface area is 313 Å². The van der Waals surface area contributed by atoms with Crippen LogP contribution in [-0.2, 0) is 38.3 Å². The number of imide groups is 1. The quantitative estimate of drug-likeness (QED) is 0.0989. The Morgan fingerprint density at radius 3 is 1.52 bits per heavy atom. The number of hydrogen-bond acceptors (Lipinski definition) is 7. The third kappa shape index (κ3) is 7.42. The molecule has 276 valence electrons. The van der Waals surface area contributed by atoms with Gasteiger partial charge in [0.1, 0.15) is 0 Å². The molecule has 1 fully saturated rings. The van der Waals surface area contributed by atoms with Crippen molar-refractivity contribution < 1.29 is 32.3 Å². The highest BCUT2D eigenvalue weighted by Gasteiger charge is 2.72. The number of alkyl halides is 3. The summed E-state index contributed by atoms with van der Waals surface area (Å²) in [5.74, 6) is -1.93. The maximum Gasteiger partial charge on any atom is 0.446 e. The highest BCUT2D eigenvalue weighted by atomic mass is 32.2. The van der Waals surface area contributed by atoms with E-state index in [1.807, 2.05) is 12.1 Å². The zero-order chi connectivity index (χ0) is 38.6. The van der Waals surface area contributed by atoms with E-state index < -0.39 is 45.9 Å². The van der Waals surface area contributed by atoms with Gasteiger partial charge in [0.05, 0.1) is 29.6 Å². The number of aromatic nitrogens is 2. The van der Waals surface area contributed by atoms with Crippen LogP contribution in [0.1, 0.15) is 36.1 Å². The summed E-state index contributed by atoms with van der Waals surface area (Å²) in [6.07, 6.45) is 5.68. The van der Waals surface area contributed by atoms with Gasteiger partial charge in [0.15, 0.2) is 5.54 Å². The number of nitrogens with one attached hydrogen (secondary N) is 3. The maximum atomic E-state index is 15.6. The monoisotopic (exact) mass is 752 g/mol. The fourth-order valence-corrected chi connectivity index (χ4v) is 7.62. The molecule has 5 aromatic rings. The minimum Gasteiger partial charge on any atom is -0.344 e. The van der Waals surface area contributed by atoms with E-state index in [0.717, 1.165) is 17.0 Å². The average Bonchev–Trinajstić information content (AvgIpc) is 3.43. The van der Waals surface area contributed by atoms with E-state index in [1.165, 1.54) is 36.9 Å². The van der Waals surface area contributed by atoms with Crippen molar-refractivity contribution in [2.75, 3.05) is 4.90 Å². The maximum absolute atomic E-state index is 15.6. The minimum atomic E-state index is -4.56. The molecule has 0 radical (unpaired) electrons. The molecule has 54 heavy (non-hydrogen) atoms. The zero-order valence-electron chi connectivity index (χ0n) is 29.1. The van der Waals surface area contributed by atoms with Gasteiger partial charge in [-0.15, -0.1) is 0 Å². The Bertz CT molecular complexity index is 2020. The molecule has 6 rings (SSSR count). The highest BCUT2D eigenvalue weighted by Crippen LogP contribution is 2.50. The predicted molar refractivity (Wildman–Crippen MR) is 197 cm³/mol. The summed E-state index contributed by atoms with van der Waals surface area (Å²) in [4.78, 5) is 67.2. The second kappa shape index (κ2) is 15.1. The molecular weight excluding hydrogens is 718 g/mol. The van der Waals surface area contributed by atoms with E-state index in [1.54, 1.807) is 86.6 Å². The van der Waals surface area contributed by atoms with Crippen LogP contribution < -0.4 is 20.9 Å². The summed E-state index contributed by atoms with van der Waals surface area (Å²) >= 11 is -0.339. The van der Waals surface area contributed by atoms with Crippen LogP contribution in [0.3, 0.4) is 0 Å². The van der Waals surface area contributed by atoms with Crippen LogP contribution in [0.5, 0.6) is 0 Å². The van der Waals surface area contributed by atoms with Gasteiger partial charge < -0.3 is 16.0 Å². The summed E-state index contributed by atoms with van der Waals surface area (Å²) in [6, 6.07) is 28.1. The third-order valence-corrected chi connectivity index (χ3v) is 10.3. The van der Waals surface area contributed by atoms with Crippen molar-refractivity contribution in [2.45, 2.75) is 53.7 Å². The standard InChI is InChI=1S/C40H35F3N6O4S/c1-37(29-17-21-44-22-18-29,46-33(50)25-27-9-5-3-6-10-27)39(35(52)49(36(53)48-39)31-13-15-32(16-14-31)54-40(41,42)43)38(2,30-19-23-45-24-20-30)47-34(51)26-28-11-7-4-8-12-28/h3-24H,25-26H2,1-2H3,(H,46,50)(H,47,51)(H,48,53). The van der Waals surface area contributed by atoms with Gasteiger partial charge in [0.2, 0.25) is 11.8 Å². The number of nitrogens with zero attached hydrogens (tertiary/aromatic N) is 3. The molecule has 0 aliphatic carbocycles. The summed E-state index contributed by atoms with van der Waals surface area (Å²) in [5.41, 5.74) is -8.52. The molecule has 0 saturated carbocycles. The van der Waals surface area contributed by atoms with Gasteiger partial charge in [-0.1, -0.05) is 60.7 Å². The van der Waals surface area contributed by atoms with Crippen molar-refractivity contribution in [3.63, 3.8) is 0 Å². The number of rotatable bonds is 12. The number of carbonyl (C=O) groups excluding carboxylic acids is 4. The van der Waals surface area contributed by atoms with Crippen molar-refractivity contribution in [3.05, 3.63) is 156 Å². The van der Waals surface area contributed by atoms with E-state index in [4.69, 9.17) is 0 Å². The van der Waals surface area contributed by atoms with Crippen LogP contribution in [0.2, 0.25) is 0 Å². The summed E-state index contributed by atoms with van der Waals surface area (Å²) < 4.78 is 39.6. The van der Waals surface area contributed by atoms with Crippen molar-refractivity contribution >= 4 is 41.2 Å². The number of benzene rings is 3. The van der Waals surface area contributed by atoms with Crippen LogP contribution >= 0.6 is 11.8 Å². The van der Waals surface area contributed by atoms with Crippen LogP contribution in [0.15, 0.2) is 139 Å². The number of hydrogen-bond donors (Lipinski definition) is 3. The van der Waals surface area contributed by atoms with E-state index in [9.17, 15) is 27.6 Å². The minimum absolute atomic E-state index is 0.0359. The number of amides is 5. The van der Waals surface area contributed by atoms with E-state index in [0.29, 0.717) is 22.3 Å². The molecule has 5 amide bonds. The lowest BCUT2D eigenvalue weighted by Gasteiger charge is -2.54. The fourth-order valence-electron chi connectivity index (χ4n) is 7.08. The molecule has 3 N–H and O–H groups in total. The summed E-state index contributed by atoms with van der Waals surface area (Å²) in [6.45, 7) is 3.16. The molecule has 3 aromatic carbocycles. The highest BCUT2D eigenvalue weighted by molar-refractivity contribution is 8.00. The van der Waals surface area contributed by atoms with E-state index >= 15 is 4.79 Å². The molecular formula is C40H35F3N6O4S. The molecule has 1 saturated heterocycles. The molecule has 2 aromatic heterocycles. The first kappa shape index (κ1) is 37.7. The topological polar surface area (TPSA) is 133 Å². The molecule has 1 aliphatic rings. The Morgan fingerprint density at radius 1 is 0.685 bits per heavy atom. The lowest BCUT2D eigenvalue weighted by molar-refractivity contribution is -0.135. The lowest BCUT2D eigenvalue weighted by atomic mass is 9.60. The molecule has 3 heterocycles. The summed E-state index contributed by atoms with van der Waals surface area (Å²) in [5, 5.41) is 9.06. The molecule has 0 bridgehead atoms. The van der Waals surface area contributed by atoms with Crippen molar-refractivity contribution in [2.24, 2.45) is 0 Å². The van der Waals surface area contributed by atoms with Crippen molar-refractivity contribution in [1.29, 1.82) is 0 Å². The van der Waals surface area contributed by atoms with Gasteiger partial charge in [-0.25, -0.2) is 9.69 Å². The van der Waals surface area contributed by atoms with Crippen LogP contribution in [0.4, 0.5) is 23.7 Å². The smallest absolute Gasteiger partial charge is 0.344 e. The van der Waals surface area contributed by atoms with Crippen LogP contribution in [-0.4, -0.2) is 44.8 Å². The number of carbonyl (C=O) groups is 4. The number of halogens is 3. The number of anilines is 1. The van der Waals surface area contributed by atoms with Gasteiger partial charge in [-0.05, 0) is 96.4 Å². The van der Waals surface area contributed by atoms with E-state index in [-0.39, 0.29) is 35.2 Å². The third-order valence-electron chi connectivity index (χ3n) is 9.56. The molecule has 2 unspecified atom stereocenters. The predicted octanol–water partition coefficient (Wildman–Crippen LogP) is 6.43. The van der Waals surface area contributed by atoms with Gasteiger partial charge in [-0.3, -0.25) is 24.4 Å². The largest absolute Gasteiger partial charge is 0.446 e. The first-order chi connectivity index (χ1) is 25.8. The van der Waals surface area contributed by atoms with Gasteiger partial charge in [0, 0.05) is 29.7 Å². The zero-order valence-corrected chi connectivity index (χ0v) is 29.9. The Balaban J connectivity index is 1.57. The molecule has 2 atom stereocenters. The number of thioether (sulfide) groups is 1. The Morgan fingerprint density at radius 2 is 1.11 bits per heavy atom. The molecule has 0 spiro atoms. The first-order valence-corrected chi connectivity index (χ1v) is 17.6. The average molecular weight is 753 g/mol. The Kier molecular flexibility index (Phi) is 10.6. The second-order valence-electron chi connectivity index (χ2n) is 13.0. The normalized spacial score (nSPS) is 17.9. The van der Waals surface area contributed by atoms with Crippen molar-refractivity contribution in [3.8, 4) is 0 Å². The first-order valence-electron chi connectivity index (χ1n) is 16.8. The SMILES string of the molecule is CC(NC(=O)Cc1ccccc1)(c1ccncc1)C1(C(C)(NC(=O)Cc2ccccc2)c2ccncc2)NC(=O)N(c2ccc(SC(F)(F)F)cc2)C1=O. The molecule has 14 heteroatoms. The van der Waals surface area contributed by atoms with E-state index in [2.05, 4.69) is 25.9 Å². The number of urea groups is 1. The van der Waals surface area contributed by atoms with Crippen LogP contribution in [0, 0.1) is 0 Å². The van der Waals surface area contributed by atoms with Gasteiger partial charge in [0.25, 0.3) is 5.91 Å².